The molecule has 0 radical (unpaired) electrons. The Hall–Kier alpha value is -2.35. The summed E-state index contributed by atoms with van der Waals surface area (Å²) >= 11 is 0.324. The highest BCUT2D eigenvalue weighted by Crippen LogP contribution is 2.34. The van der Waals surface area contributed by atoms with Crippen molar-refractivity contribution in [3.8, 4) is 22.5 Å². The summed E-state index contributed by atoms with van der Waals surface area (Å²) in [6.45, 7) is 1.91. The van der Waals surface area contributed by atoms with Gasteiger partial charge in [-0.15, -0.1) is 11.8 Å². The molecule has 28 heavy (non-hydrogen) atoms. The molecule has 4 nitrogen and oxygen atoms in total. The van der Waals surface area contributed by atoms with Gasteiger partial charge in [-0.2, -0.15) is 0 Å². The number of imidazole rings is 1. The zero-order chi connectivity index (χ0) is 19.8. The van der Waals surface area contributed by atoms with Crippen molar-refractivity contribution >= 4 is 28.7 Å². The van der Waals surface area contributed by atoms with Crippen molar-refractivity contribution in [2.45, 2.75) is 16.7 Å². The second-order valence-electron chi connectivity index (χ2n) is 6.38. The van der Waals surface area contributed by atoms with Crippen LogP contribution in [0, 0.1) is 12.7 Å². The molecule has 0 N–H and O–H groups in total. The first-order valence-corrected chi connectivity index (χ1v) is 11.4. The minimum absolute atomic E-state index is 0.261. The summed E-state index contributed by atoms with van der Waals surface area (Å²) in [7, 11) is 0. The summed E-state index contributed by atoms with van der Waals surface area (Å²) in [6, 6.07) is 14.6. The molecule has 0 aliphatic rings. The second kappa shape index (κ2) is 7.58. The molecule has 142 valence electrons. The zero-order valence-corrected chi connectivity index (χ0v) is 17.3. The molecule has 0 bridgehead atoms. The number of benzene rings is 2. The summed E-state index contributed by atoms with van der Waals surface area (Å²) in [5.74, 6) is 0.296. The molecule has 1 atom stereocenters. The van der Waals surface area contributed by atoms with Gasteiger partial charge in [-0.25, -0.2) is 14.4 Å². The minimum Gasteiger partial charge on any atom is -0.612 e. The number of aromatic nitrogens is 3. The summed E-state index contributed by atoms with van der Waals surface area (Å²) < 4.78 is 28.1. The van der Waals surface area contributed by atoms with Gasteiger partial charge in [0.25, 0.3) is 0 Å². The average molecular weight is 412 g/mol. The Morgan fingerprint density at radius 2 is 1.75 bits per heavy atom. The SMILES string of the molecule is CSc1ccc(-c2c(-c3ccc([S+](C)[O-])cc3)nc3nc(C)ccn23)cc1F. The van der Waals surface area contributed by atoms with Crippen LogP contribution in [0.15, 0.2) is 64.5 Å². The van der Waals surface area contributed by atoms with Crippen molar-refractivity contribution in [3.63, 3.8) is 0 Å². The molecule has 4 rings (SSSR count). The van der Waals surface area contributed by atoms with E-state index in [2.05, 4.69) is 4.98 Å². The lowest BCUT2D eigenvalue weighted by molar-refractivity contribution is 0.600. The van der Waals surface area contributed by atoms with Crippen LogP contribution < -0.4 is 0 Å². The molecule has 0 saturated carbocycles. The van der Waals surface area contributed by atoms with Gasteiger partial charge in [-0.05, 0) is 66.8 Å². The molecule has 7 heteroatoms. The summed E-state index contributed by atoms with van der Waals surface area (Å²) in [5.41, 5.74) is 3.94. The van der Waals surface area contributed by atoms with Crippen molar-refractivity contribution < 1.29 is 8.94 Å². The smallest absolute Gasteiger partial charge is 0.235 e. The Kier molecular flexibility index (Phi) is 5.14. The first-order chi connectivity index (χ1) is 13.5. The van der Waals surface area contributed by atoms with Gasteiger partial charge in [0, 0.05) is 27.9 Å². The fraction of sp³-hybridized carbons (Fsp3) is 0.143. The lowest BCUT2D eigenvalue weighted by Crippen LogP contribution is -1.96. The van der Waals surface area contributed by atoms with Gasteiger partial charge in [-0.3, -0.25) is 4.40 Å². The van der Waals surface area contributed by atoms with Gasteiger partial charge in [0.1, 0.15) is 12.1 Å². The normalized spacial score (nSPS) is 12.5. The summed E-state index contributed by atoms with van der Waals surface area (Å²) in [6.07, 6.45) is 5.40. The maximum atomic E-state index is 14.5. The van der Waals surface area contributed by atoms with E-state index in [9.17, 15) is 8.94 Å². The Morgan fingerprint density at radius 3 is 2.39 bits per heavy atom. The van der Waals surface area contributed by atoms with Crippen LogP contribution in [0.1, 0.15) is 5.69 Å². The molecule has 4 aromatic rings. The number of aryl methyl sites for hydroxylation is 1. The molecule has 0 fully saturated rings. The fourth-order valence-corrected chi connectivity index (χ4v) is 4.09. The predicted octanol–water partition coefficient (Wildman–Crippen LogP) is 4.97. The third-order valence-electron chi connectivity index (χ3n) is 4.52. The number of hydrogen-bond donors (Lipinski definition) is 0. The first-order valence-electron chi connectivity index (χ1n) is 8.61. The van der Waals surface area contributed by atoms with Crippen LogP contribution in [0.5, 0.6) is 0 Å². The number of hydrogen-bond acceptors (Lipinski definition) is 4. The van der Waals surface area contributed by atoms with Crippen molar-refractivity contribution in [1.29, 1.82) is 0 Å². The molecule has 0 aliphatic carbocycles. The van der Waals surface area contributed by atoms with E-state index < -0.39 is 11.2 Å². The number of fused-ring (bicyclic) bond motifs is 1. The summed E-state index contributed by atoms with van der Waals surface area (Å²) in [4.78, 5) is 10.6. The standard InChI is InChI=1S/C21H18FN3OS2/c1-13-10-11-25-20(15-6-9-18(27-2)17(22)12-15)19(24-21(25)23-13)14-4-7-16(8-5-14)28(3)26/h4-12H,1-3H3. The van der Waals surface area contributed by atoms with E-state index in [4.69, 9.17) is 4.98 Å². The van der Waals surface area contributed by atoms with E-state index in [1.54, 1.807) is 12.3 Å². The van der Waals surface area contributed by atoms with Crippen LogP contribution in [-0.4, -0.2) is 31.4 Å². The van der Waals surface area contributed by atoms with E-state index in [0.717, 1.165) is 27.4 Å². The Balaban J connectivity index is 1.95. The lowest BCUT2D eigenvalue weighted by Gasteiger charge is -2.09. The van der Waals surface area contributed by atoms with E-state index in [0.29, 0.717) is 16.4 Å². The Morgan fingerprint density at radius 1 is 1.04 bits per heavy atom. The van der Waals surface area contributed by atoms with Gasteiger partial charge in [0.15, 0.2) is 4.90 Å². The van der Waals surface area contributed by atoms with Crippen molar-refractivity contribution in [3.05, 3.63) is 66.2 Å². The number of thioether (sulfide) groups is 1. The molecule has 2 aromatic heterocycles. The molecule has 1 unspecified atom stereocenters. The maximum Gasteiger partial charge on any atom is 0.235 e. The Labute approximate surface area is 170 Å². The molecular formula is C21H18FN3OS2. The van der Waals surface area contributed by atoms with Crippen molar-refractivity contribution in [1.82, 2.24) is 14.4 Å². The number of nitrogens with zero attached hydrogens (tertiary/aromatic N) is 3. The molecule has 2 aromatic carbocycles. The largest absolute Gasteiger partial charge is 0.612 e. The lowest BCUT2D eigenvalue weighted by atomic mass is 10.0. The van der Waals surface area contributed by atoms with Gasteiger partial charge < -0.3 is 4.55 Å². The Bertz CT molecular complexity index is 1160. The average Bonchev–Trinajstić information content (AvgIpc) is 3.06. The third kappa shape index (κ3) is 3.41. The van der Waals surface area contributed by atoms with E-state index >= 15 is 0 Å². The van der Waals surface area contributed by atoms with Crippen LogP contribution >= 0.6 is 11.8 Å². The van der Waals surface area contributed by atoms with Gasteiger partial charge in [0.2, 0.25) is 5.78 Å². The molecule has 0 spiro atoms. The van der Waals surface area contributed by atoms with E-state index in [1.165, 1.54) is 17.8 Å². The van der Waals surface area contributed by atoms with E-state index in [-0.39, 0.29) is 5.82 Å². The molecule has 0 aliphatic heterocycles. The van der Waals surface area contributed by atoms with Gasteiger partial charge >= 0.3 is 0 Å². The predicted molar refractivity (Wildman–Crippen MR) is 113 cm³/mol. The third-order valence-corrected chi connectivity index (χ3v) is 6.23. The monoisotopic (exact) mass is 411 g/mol. The van der Waals surface area contributed by atoms with Crippen LogP contribution in [0.25, 0.3) is 28.3 Å². The van der Waals surface area contributed by atoms with Gasteiger partial charge in [-0.1, -0.05) is 6.07 Å². The van der Waals surface area contributed by atoms with Crippen molar-refractivity contribution in [2.24, 2.45) is 0 Å². The van der Waals surface area contributed by atoms with Crippen LogP contribution in [0.3, 0.4) is 0 Å². The highest BCUT2D eigenvalue weighted by Gasteiger charge is 2.18. The van der Waals surface area contributed by atoms with Crippen LogP contribution in [0.4, 0.5) is 4.39 Å². The van der Waals surface area contributed by atoms with Gasteiger partial charge in [0.05, 0.1) is 11.4 Å². The molecule has 0 amide bonds. The van der Waals surface area contributed by atoms with Crippen LogP contribution in [-0.2, 0) is 11.2 Å². The highest BCUT2D eigenvalue weighted by atomic mass is 32.2. The summed E-state index contributed by atoms with van der Waals surface area (Å²) in [5, 5.41) is 0. The highest BCUT2D eigenvalue weighted by molar-refractivity contribution is 7.98. The fourth-order valence-electron chi connectivity index (χ4n) is 3.11. The van der Waals surface area contributed by atoms with Crippen LogP contribution in [0.2, 0.25) is 0 Å². The number of halogens is 1. The van der Waals surface area contributed by atoms with E-state index in [1.807, 2.05) is 60.2 Å². The molecular weight excluding hydrogens is 393 g/mol. The van der Waals surface area contributed by atoms with Crippen molar-refractivity contribution in [2.75, 3.05) is 12.5 Å². The zero-order valence-electron chi connectivity index (χ0n) is 15.6. The number of rotatable bonds is 4. The second-order valence-corrected chi connectivity index (χ2v) is 8.60. The molecule has 2 heterocycles. The minimum atomic E-state index is -1.05. The molecule has 0 saturated heterocycles. The topological polar surface area (TPSA) is 53.2 Å². The first kappa shape index (κ1) is 19.0. The quantitative estimate of drug-likeness (QED) is 0.351. The maximum absolute atomic E-state index is 14.5.